The Balaban J connectivity index is 1.54. The maximum atomic E-state index is 12.6. The molecule has 0 saturated heterocycles. The normalized spacial score (nSPS) is 10.6. The van der Waals surface area contributed by atoms with Gasteiger partial charge in [-0.1, -0.05) is 24.3 Å². The Kier molecular flexibility index (Phi) is 7.08. The standard InChI is InChI=1S/C22H24N4O2S/c1-25(2)21(27)16-29-20-7-4-3-6-19(20)22(28)23-14-12-17-8-10-18(11-9-17)26-15-5-13-24-26/h3-11,13,15H,12,14,16H2,1-2H3,(H,23,28). The summed E-state index contributed by atoms with van der Waals surface area (Å²) in [6, 6.07) is 17.4. The van der Waals surface area contributed by atoms with Crippen LogP contribution in [0.4, 0.5) is 0 Å². The molecule has 0 fully saturated rings. The number of rotatable bonds is 8. The van der Waals surface area contributed by atoms with Crippen molar-refractivity contribution in [2.24, 2.45) is 0 Å². The van der Waals surface area contributed by atoms with Crippen molar-refractivity contribution in [3.63, 3.8) is 0 Å². The Morgan fingerprint density at radius 3 is 2.52 bits per heavy atom. The second-order valence-electron chi connectivity index (χ2n) is 6.70. The van der Waals surface area contributed by atoms with Crippen molar-refractivity contribution in [1.29, 1.82) is 0 Å². The molecule has 1 N–H and O–H groups in total. The number of aromatic nitrogens is 2. The molecule has 2 amide bonds. The van der Waals surface area contributed by atoms with Gasteiger partial charge < -0.3 is 10.2 Å². The van der Waals surface area contributed by atoms with E-state index in [0.29, 0.717) is 17.9 Å². The molecule has 0 spiro atoms. The zero-order valence-electron chi connectivity index (χ0n) is 16.5. The average molecular weight is 409 g/mol. The highest BCUT2D eigenvalue weighted by molar-refractivity contribution is 8.00. The van der Waals surface area contributed by atoms with Crippen molar-refractivity contribution in [2.45, 2.75) is 11.3 Å². The fourth-order valence-corrected chi connectivity index (χ4v) is 3.73. The van der Waals surface area contributed by atoms with Crippen LogP contribution in [0.3, 0.4) is 0 Å². The molecule has 0 saturated carbocycles. The summed E-state index contributed by atoms with van der Waals surface area (Å²) in [6.45, 7) is 0.537. The maximum Gasteiger partial charge on any atom is 0.252 e. The fourth-order valence-electron chi connectivity index (χ4n) is 2.70. The Morgan fingerprint density at radius 2 is 1.83 bits per heavy atom. The molecule has 0 aliphatic heterocycles. The molecule has 1 heterocycles. The van der Waals surface area contributed by atoms with Crippen LogP contribution in [0.25, 0.3) is 5.69 Å². The number of thioether (sulfide) groups is 1. The van der Waals surface area contributed by atoms with Gasteiger partial charge in [0.05, 0.1) is 17.0 Å². The number of carbonyl (C=O) groups excluding carboxylic acids is 2. The topological polar surface area (TPSA) is 67.2 Å². The molecule has 0 unspecified atom stereocenters. The summed E-state index contributed by atoms with van der Waals surface area (Å²) in [4.78, 5) is 26.8. The van der Waals surface area contributed by atoms with Gasteiger partial charge in [-0.05, 0) is 42.3 Å². The molecule has 150 valence electrons. The first-order valence-corrected chi connectivity index (χ1v) is 10.3. The molecule has 0 atom stereocenters. The van der Waals surface area contributed by atoms with E-state index in [-0.39, 0.29) is 11.8 Å². The molecule has 6 nitrogen and oxygen atoms in total. The SMILES string of the molecule is CN(C)C(=O)CSc1ccccc1C(=O)NCCc1ccc(-n2cccn2)cc1. The van der Waals surface area contributed by atoms with Crippen LogP contribution in [-0.2, 0) is 11.2 Å². The molecular weight excluding hydrogens is 384 g/mol. The highest BCUT2D eigenvalue weighted by Crippen LogP contribution is 2.22. The predicted molar refractivity (Wildman–Crippen MR) is 115 cm³/mol. The first-order chi connectivity index (χ1) is 14.0. The van der Waals surface area contributed by atoms with Crippen LogP contribution in [0.15, 0.2) is 71.9 Å². The van der Waals surface area contributed by atoms with Crippen LogP contribution in [0.2, 0.25) is 0 Å². The highest BCUT2D eigenvalue weighted by atomic mass is 32.2. The molecule has 7 heteroatoms. The van der Waals surface area contributed by atoms with Gasteiger partial charge in [0.15, 0.2) is 0 Å². The van der Waals surface area contributed by atoms with Gasteiger partial charge in [-0.3, -0.25) is 9.59 Å². The van der Waals surface area contributed by atoms with Crippen molar-refractivity contribution < 1.29 is 9.59 Å². The fraction of sp³-hybridized carbons (Fsp3) is 0.227. The van der Waals surface area contributed by atoms with Gasteiger partial charge in [-0.15, -0.1) is 11.8 Å². The van der Waals surface area contributed by atoms with Crippen LogP contribution in [0, 0.1) is 0 Å². The van der Waals surface area contributed by atoms with E-state index in [0.717, 1.165) is 22.6 Å². The zero-order valence-corrected chi connectivity index (χ0v) is 17.4. The number of nitrogens with one attached hydrogen (secondary N) is 1. The smallest absolute Gasteiger partial charge is 0.252 e. The third-order valence-electron chi connectivity index (χ3n) is 4.39. The minimum absolute atomic E-state index is 0.0174. The lowest BCUT2D eigenvalue weighted by Crippen LogP contribution is -2.26. The van der Waals surface area contributed by atoms with E-state index in [1.54, 1.807) is 35.9 Å². The number of amides is 2. The summed E-state index contributed by atoms with van der Waals surface area (Å²) in [6.07, 6.45) is 4.38. The lowest BCUT2D eigenvalue weighted by molar-refractivity contribution is -0.125. The lowest BCUT2D eigenvalue weighted by atomic mass is 10.1. The molecule has 0 radical (unpaired) electrons. The van der Waals surface area contributed by atoms with Gasteiger partial charge in [0, 0.05) is 37.9 Å². The van der Waals surface area contributed by atoms with Crippen molar-refractivity contribution in [3.8, 4) is 5.69 Å². The Labute approximate surface area is 174 Å². The van der Waals surface area contributed by atoms with E-state index >= 15 is 0 Å². The van der Waals surface area contributed by atoms with E-state index in [4.69, 9.17) is 0 Å². The number of benzene rings is 2. The minimum Gasteiger partial charge on any atom is -0.352 e. The summed E-state index contributed by atoms with van der Waals surface area (Å²) in [7, 11) is 3.45. The van der Waals surface area contributed by atoms with Gasteiger partial charge in [0.25, 0.3) is 5.91 Å². The van der Waals surface area contributed by atoms with Gasteiger partial charge in [-0.25, -0.2) is 4.68 Å². The Morgan fingerprint density at radius 1 is 1.07 bits per heavy atom. The van der Waals surface area contributed by atoms with Gasteiger partial charge in [-0.2, -0.15) is 5.10 Å². The lowest BCUT2D eigenvalue weighted by Gasteiger charge is -2.12. The minimum atomic E-state index is -0.126. The first kappa shape index (κ1) is 20.7. The van der Waals surface area contributed by atoms with E-state index < -0.39 is 0 Å². The van der Waals surface area contributed by atoms with Gasteiger partial charge in [0.1, 0.15) is 0 Å². The van der Waals surface area contributed by atoms with E-state index in [1.165, 1.54) is 11.8 Å². The Bertz CT molecular complexity index is 953. The monoisotopic (exact) mass is 408 g/mol. The third kappa shape index (κ3) is 5.71. The van der Waals surface area contributed by atoms with E-state index in [2.05, 4.69) is 10.4 Å². The number of nitrogens with zero attached hydrogens (tertiary/aromatic N) is 3. The highest BCUT2D eigenvalue weighted by Gasteiger charge is 2.13. The summed E-state index contributed by atoms with van der Waals surface area (Å²) in [5, 5.41) is 7.19. The summed E-state index contributed by atoms with van der Waals surface area (Å²) in [5.74, 6) is 0.196. The number of carbonyl (C=O) groups is 2. The number of hydrogen-bond acceptors (Lipinski definition) is 4. The van der Waals surface area contributed by atoms with Crippen LogP contribution >= 0.6 is 11.8 Å². The molecule has 0 aliphatic rings. The quantitative estimate of drug-likeness (QED) is 0.582. The molecule has 2 aromatic carbocycles. The third-order valence-corrected chi connectivity index (χ3v) is 5.44. The molecule has 1 aromatic heterocycles. The molecular formula is C22H24N4O2S. The van der Waals surface area contributed by atoms with Crippen molar-refractivity contribution in [1.82, 2.24) is 20.0 Å². The first-order valence-electron chi connectivity index (χ1n) is 9.34. The molecule has 3 aromatic rings. The summed E-state index contributed by atoms with van der Waals surface area (Å²) >= 11 is 1.38. The van der Waals surface area contributed by atoms with Gasteiger partial charge >= 0.3 is 0 Å². The molecule has 3 rings (SSSR count). The summed E-state index contributed by atoms with van der Waals surface area (Å²) < 4.78 is 1.81. The van der Waals surface area contributed by atoms with E-state index in [1.807, 2.05) is 54.7 Å². The van der Waals surface area contributed by atoms with Crippen LogP contribution in [-0.4, -0.2) is 52.9 Å². The second kappa shape index (κ2) is 9.93. The molecule has 0 bridgehead atoms. The zero-order chi connectivity index (χ0) is 20.6. The van der Waals surface area contributed by atoms with Gasteiger partial charge in [0.2, 0.25) is 5.91 Å². The van der Waals surface area contributed by atoms with Crippen molar-refractivity contribution in [3.05, 3.63) is 78.1 Å². The predicted octanol–water partition coefficient (Wildman–Crippen LogP) is 3.03. The Hall–Kier alpha value is -3.06. The van der Waals surface area contributed by atoms with Crippen LogP contribution < -0.4 is 5.32 Å². The average Bonchev–Trinajstić information content (AvgIpc) is 3.27. The van der Waals surface area contributed by atoms with Crippen LogP contribution in [0.5, 0.6) is 0 Å². The van der Waals surface area contributed by atoms with Crippen LogP contribution in [0.1, 0.15) is 15.9 Å². The maximum absolute atomic E-state index is 12.6. The summed E-state index contributed by atoms with van der Waals surface area (Å²) in [5.41, 5.74) is 2.74. The number of hydrogen-bond donors (Lipinski definition) is 1. The molecule has 29 heavy (non-hydrogen) atoms. The molecule has 0 aliphatic carbocycles. The van der Waals surface area contributed by atoms with E-state index in [9.17, 15) is 9.59 Å². The largest absolute Gasteiger partial charge is 0.352 e. The van der Waals surface area contributed by atoms with Crippen molar-refractivity contribution in [2.75, 3.05) is 26.4 Å². The van der Waals surface area contributed by atoms with Crippen molar-refractivity contribution >= 4 is 23.6 Å². The second-order valence-corrected chi connectivity index (χ2v) is 7.71.